The van der Waals surface area contributed by atoms with Crippen LogP contribution in [0.5, 0.6) is 5.75 Å². The lowest BCUT2D eigenvalue weighted by molar-refractivity contribution is 0.417. The summed E-state index contributed by atoms with van der Waals surface area (Å²) < 4.78 is 19.8. The van der Waals surface area contributed by atoms with Gasteiger partial charge in [0, 0.05) is 23.4 Å². The van der Waals surface area contributed by atoms with Gasteiger partial charge in [0.1, 0.15) is 11.5 Å². The minimum Gasteiger partial charge on any atom is -0.505 e. The van der Waals surface area contributed by atoms with E-state index in [-0.39, 0.29) is 12.1 Å². The molecule has 0 atom stereocenters. The van der Waals surface area contributed by atoms with Crippen LogP contribution in [0.3, 0.4) is 0 Å². The molecule has 0 aliphatic heterocycles. The Kier molecular flexibility index (Phi) is 3.69. The van der Waals surface area contributed by atoms with Gasteiger partial charge in [-0.25, -0.2) is 9.37 Å². The zero-order valence-corrected chi connectivity index (χ0v) is 12.6. The normalized spacial score (nSPS) is 10.9. The smallest absolute Gasteiger partial charge is 0.254 e. The number of halogens is 1. The molecular weight excluding hydrogens is 301 g/mol. The van der Waals surface area contributed by atoms with Crippen LogP contribution in [0.4, 0.5) is 4.39 Å². The fourth-order valence-electron chi connectivity index (χ4n) is 2.31. The van der Waals surface area contributed by atoms with Crippen LogP contribution in [-0.2, 0) is 6.54 Å². The van der Waals surface area contributed by atoms with Crippen molar-refractivity contribution < 1.29 is 14.0 Å². The SMILES string of the molecule is Cc1cc(=O)n(Cc2cc(-c3ccc(F)c(O)c3)on2)c(C)n1. The van der Waals surface area contributed by atoms with E-state index in [1.807, 2.05) is 0 Å². The van der Waals surface area contributed by atoms with Crippen LogP contribution in [0.2, 0.25) is 0 Å². The van der Waals surface area contributed by atoms with Crippen molar-refractivity contribution in [2.45, 2.75) is 20.4 Å². The van der Waals surface area contributed by atoms with Crippen molar-refractivity contribution in [2.75, 3.05) is 0 Å². The molecule has 1 aromatic carbocycles. The second-order valence-electron chi connectivity index (χ2n) is 5.22. The Morgan fingerprint density at radius 3 is 2.74 bits per heavy atom. The number of aromatic nitrogens is 3. The lowest BCUT2D eigenvalue weighted by atomic mass is 10.1. The molecule has 0 amide bonds. The maximum Gasteiger partial charge on any atom is 0.254 e. The molecule has 0 saturated carbocycles. The van der Waals surface area contributed by atoms with Crippen molar-refractivity contribution in [1.29, 1.82) is 0 Å². The number of aromatic hydroxyl groups is 1. The number of benzene rings is 1. The quantitative estimate of drug-likeness (QED) is 0.802. The van der Waals surface area contributed by atoms with Gasteiger partial charge in [0.05, 0.1) is 6.54 Å². The third-order valence-electron chi connectivity index (χ3n) is 3.44. The third kappa shape index (κ3) is 2.98. The zero-order valence-electron chi connectivity index (χ0n) is 12.6. The van der Waals surface area contributed by atoms with E-state index in [1.54, 1.807) is 19.9 Å². The molecule has 23 heavy (non-hydrogen) atoms. The summed E-state index contributed by atoms with van der Waals surface area (Å²) in [5, 5.41) is 13.3. The van der Waals surface area contributed by atoms with Gasteiger partial charge < -0.3 is 9.63 Å². The molecule has 3 rings (SSSR count). The highest BCUT2D eigenvalue weighted by Crippen LogP contribution is 2.26. The third-order valence-corrected chi connectivity index (χ3v) is 3.44. The summed E-state index contributed by atoms with van der Waals surface area (Å²) in [6, 6.07) is 6.96. The fraction of sp³-hybridized carbons (Fsp3) is 0.188. The first-order valence-electron chi connectivity index (χ1n) is 6.93. The lowest BCUT2D eigenvalue weighted by Crippen LogP contribution is -2.24. The zero-order chi connectivity index (χ0) is 16.6. The average Bonchev–Trinajstić information content (AvgIpc) is 2.94. The molecule has 0 spiro atoms. The summed E-state index contributed by atoms with van der Waals surface area (Å²) in [6.07, 6.45) is 0. The molecule has 0 aliphatic rings. The molecular formula is C16H14FN3O3. The first-order valence-corrected chi connectivity index (χ1v) is 6.93. The topological polar surface area (TPSA) is 81.2 Å². The molecule has 0 radical (unpaired) electrons. The minimum absolute atomic E-state index is 0.168. The number of phenols is 1. The van der Waals surface area contributed by atoms with Crippen LogP contribution in [0.25, 0.3) is 11.3 Å². The van der Waals surface area contributed by atoms with Crippen molar-refractivity contribution in [3.8, 4) is 17.1 Å². The number of phenolic OH excluding ortho intramolecular Hbond substituents is 1. The van der Waals surface area contributed by atoms with E-state index < -0.39 is 11.6 Å². The second kappa shape index (κ2) is 5.68. The Morgan fingerprint density at radius 1 is 1.26 bits per heavy atom. The Bertz CT molecular complexity index is 931. The Morgan fingerprint density at radius 2 is 2.04 bits per heavy atom. The average molecular weight is 315 g/mol. The van der Waals surface area contributed by atoms with Crippen molar-refractivity contribution >= 4 is 0 Å². The van der Waals surface area contributed by atoms with E-state index in [4.69, 9.17) is 4.52 Å². The van der Waals surface area contributed by atoms with E-state index in [9.17, 15) is 14.3 Å². The summed E-state index contributed by atoms with van der Waals surface area (Å²) in [6.45, 7) is 3.72. The number of hydrogen-bond donors (Lipinski definition) is 1. The summed E-state index contributed by atoms with van der Waals surface area (Å²) in [7, 11) is 0. The Hall–Kier alpha value is -2.96. The van der Waals surface area contributed by atoms with Crippen LogP contribution in [-0.4, -0.2) is 19.8 Å². The molecule has 1 N–H and O–H groups in total. The van der Waals surface area contributed by atoms with Crippen LogP contribution >= 0.6 is 0 Å². The predicted octanol–water partition coefficient (Wildman–Crippen LogP) is 2.41. The number of aryl methyl sites for hydroxylation is 2. The molecule has 0 bridgehead atoms. The lowest BCUT2D eigenvalue weighted by Gasteiger charge is -2.06. The highest BCUT2D eigenvalue weighted by atomic mass is 19.1. The van der Waals surface area contributed by atoms with Crippen LogP contribution in [0, 0.1) is 19.7 Å². The fourth-order valence-corrected chi connectivity index (χ4v) is 2.31. The Labute approximate surface area is 130 Å². The van der Waals surface area contributed by atoms with Crippen molar-refractivity contribution in [3.05, 3.63) is 63.7 Å². The van der Waals surface area contributed by atoms with Crippen molar-refractivity contribution in [1.82, 2.24) is 14.7 Å². The van der Waals surface area contributed by atoms with Gasteiger partial charge in [0.25, 0.3) is 5.56 Å². The van der Waals surface area contributed by atoms with E-state index in [0.717, 1.165) is 6.07 Å². The van der Waals surface area contributed by atoms with Crippen molar-refractivity contribution in [2.24, 2.45) is 0 Å². The molecule has 0 unspecified atom stereocenters. The maximum atomic E-state index is 13.1. The number of rotatable bonds is 3. The highest BCUT2D eigenvalue weighted by Gasteiger charge is 2.11. The summed E-state index contributed by atoms with van der Waals surface area (Å²) in [5.74, 6) is -0.211. The Balaban J connectivity index is 1.91. The van der Waals surface area contributed by atoms with E-state index in [1.165, 1.54) is 22.8 Å². The molecule has 0 fully saturated rings. The summed E-state index contributed by atoms with van der Waals surface area (Å²) in [4.78, 5) is 16.3. The first kappa shape index (κ1) is 15.0. The van der Waals surface area contributed by atoms with Crippen LogP contribution < -0.4 is 5.56 Å². The summed E-state index contributed by atoms with van der Waals surface area (Å²) >= 11 is 0. The van der Waals surface area contributed by atoms with E-state index >= 15 is 0 Å². The van der Waals surface area contributed by atoms with Gasteiger partial charge in [0.2, 0.25) is 0 Å². The maximum absolute atomic E-state index is 13.1. The van der Waals surface area contributed by atoms with E-state index in [2.05, 4.69) is 10.1 Å². The minimum atomic E-state index is -0.707. The van der Waals surface area contributed by atoms with Gasteiger partial charge in [-0.05, 0) is 32.0 Å². The predicted molar refractivity (Wildman–Crippen MR) is 80.6 cm³/mol. The van der Waals surface area contributed by atoms with E-state index in [0.29, 0.717) is 28.5 Å². The van der Waals surface area contributed by atoms with Gasteiger partial charge in [-0.1, -0.05) is 5.16 Å². The largest absolute Gasteiger partial charge is 0.505 e. The molecule has 2 heterocycles. The van der Waals surface area contributed by atoms with Gasteiger partial charge in [-0.2, -0.15) is 0 Å². The summed E-state index contributed by atoms with van der Waals surface area (Å²) in [5.41, 5.74) is 1.51. The highest BCUT2D eigenvalue weighted by molar-refractivity contribution is 5.59. The second-order valence-corrected chi connectivity index (χ2v) is 5.22. The van der Waals surface area contributed by atoms with Crippen molar-refractivity contribution in [3.63, 3.8) is 0 Å². The molecule has 118 valence electrons. The van der Waals surface area contributed by atoms with Crippen LogP contribution in [0.1, 0.15) is 17.2 Å². The monoisotopic (exact) mass is 315 g/mol. The van der Waals surface area contributed by atoms with Crippen LogP contribution in [0.15, 0.2) is 39.6 Å². The van der Waals surface area contributed by atoms with Gasteiger partial charge in [-0.15, -0.1) is 0 Å². The standard InChI is InChI=1S/C16H14FN3O3/c1-9-5-16(22)20(10(2)18-9)8-12-7-15(23-19-12)11-3-4-13(17)14(21)6-11/h3-7,21H,8H2,1-2H3. The first-order chi connectivity index (χ1) is 10.9. The van der Waals surface area contributed by atoms with Gasteiger partial charge in [0.15, 0.2) is 17.3 Å². The van der Waals surface area contributed by atoms with Gasteiger partial charge >= 0.3 is 0 Å². The molecule has 2 aromatic heterocycles. The number of hydrogen-bond acceptors (Lipinski definition) is 5. The molecule has 0 saturated heterocycles. The molecule has 6 nitrogen and oxygen atoms in total. The number of nitrogens with zero attached hydrogens (tertiary/aromatic N) is 3. The van der Waals surface area contributed by atoms with Gasteiger partial charge in [-0.3, -0.25) is 9.36 Å². The molecule has 7 heteroatoms. The molecule has 3 aromatic rings. The molecule has 0 aliphatic carbocycles.